The first-order chi connectivity index (χ1) is 11.7. The monoisotopic (exact) mass is 324 g/mol. The minimum Gasteiger partial charge on any atom is -0.337 e. The van der Waals surface area contributed by atoms with Crippen molar-refractivity contribution in [2.24, 2.45) is 0 Å². The Hall–Kier alpha value is -2.89. The maximum absolute atomic E-state index is 12.6. The number of amides is 2. The maximum atomic E-state index is 12.6. The van der Waals surface area contributed by atoms with Gasteiger partial charge in [-0.1, -0.05) is 36.4 Å². The Bertz CT molecular complexity index is 723. The number of aromatic amines is 1. The van der Waals surface area contributed by atoms with E-state index in [9.17, 15) is 9.59 Å². The summed E-state index contributed by atoms with van der Waals surface area (Å²) in [6.45, 7) is 0. The van der Waals surface area contributed by atoms with Crippen molar-refractivity contribution in [3.63, 3.8) is 0 Å². The zero-order chi connectivity index (χ0) is 16.8. The van der Waals surface area contributed by atoms with Gasteiger partial charge in [0, 0.05) is 11.6 Å². The Kier molecular flexibility index (Phi) is 5.05. The number of H-pyrrole nitrogens is 1. The lowest BCUT2D eigenvalue weighted by atomic mass is 9.98. The van der Waals surface area contributed by atoms with E-state index >= 15 is 0 Å². The fourth-order valence-electron chi connectivity index (χ4n) is 2.74. The van der Waals surface area contributed by atoms with E-state index in [-0.39, 0.29) is 11.8 Å². The molecule has 1 atom stereocenters. The molecule has 124 valence electrons. The van der Waals surface area contributed by atoms with Crippen molar-refractivity contribution in [3.05, 3.63) is 59.8 Å². The molecule has 0 fully saturated rings. The number of nitrogens with one attached hydrogen (secondary N) is 3. The van der Waals surface area contributed by atoms with Gasteiger partial charge in [0.2, 0.25) is 5.91 Å². The van der Waals surface area contributed by atoms with Gasteiger partial charge in [-0.05, 0) is 31.2 Å². The third kappa shape index (κ3) is 3.90. The van der Waals surface area contributed by atoms with Crippen LogP contribution in [-0.4, -0.2) is 22.0 Å². The van der Waals surface area contributed by atoms with Gasteiger partial charge in [-0.25, -0.2) is 0 Å². The number of rotatable bonds is 5. The van der Waals surface area contributed by atoms with E-state index in [1.54, 1.807) is 12.3 Å². The summed E-state index contributed by atoms with van der Waals surface area (Å²) >= 11 is 0. The second-order valence-corrected chi connectivity index (χ2v) is 5.75. The van der Waals surface area contributed by atoms with Crippen LogP contribution in [0.25, 0.3) is 0 Å². The summed E-state index contributed by atoms with van der Waals surface area (Å²) in [5.41, 5.74) is 1.50. The summed E-state index contributed by atoms with van der Waals surface area (Å²) in [7, 11) is 0. The van der Waals surface area contributed by atoms with Gasteiger partial charge in [-0.2, -0.15) is 5.10 Å². The van der Waals surface area contributed by atoms with E-state index in [0.717, 1.165) is 36.8 Å². The van der Waals surface area contributed by atoms with Gasteiger partial charge in [0.15, 0.2) is 0 Å². The first kappa shape index (κ1) is 16.0. The highest BCUT2D eigenvalue weighted by Gasteiger charge is 2.24. The zero-order valence-electron chi connectivity index (χ0n) is 13.3. The van der Waals surface area contributed by atoms with E-state index in [2.05, 4.69) is 20.8 Å². The van der Waals surface area contributed by atoms with Crippen molar-refractivity contribution in [2.45, 2.75) is 31.7 Å². The summed E-state index contributed by atoms with van der Waals surface area (Å²) in [6.07, 6.45) is 7.32. The van der Waals surface area contributed by atoms with Gasteiger partial charge >= 0.3 is 0 Å². The van der Waals surface area contributed by atoms with E-state index in [1.807, 2.05) is 36.4 Å². The molecule has 0 aliphatic heterocycles. The van der Waals surface area contributed by atoms with Crippen LogP contribution >= 0.6 is 0 Å². The van der Waals surface area contributed by atoms with Gasteiger partial charge in [0.1, 0.15) is 11.9 Å². The van der Waals surface area contributed by atoms with Crippen LogP contribution in [0.3, 0.4) is 0 Å². The second kappa shape index (κ2) is 7.59. The van der Waals surface area contributed by atoms with Gasteiger partial charge in [-0.15, -0.1) is 0 Å². The molecule has 1 heterocycles. The SMILES string of the molecule is O=C(N[C@@H](C(=O)Nc1ccn[nH]1)c1ccccc1)C1=CCCCC1. The number of hydrogen-bond donors (Lipinski definition) is 3. The first-order valence-corrected chi connectivity index (χ1v) is 8.09. The topological polar surface area (TPSA) is 86.9 Å². The molecule has 2 amide bonds. The Morgan fingerprint density at radius 3 is 2.62 bits per heavy atom. The first-order valence-electron chi connectivity index (χ1n) is 8.09. The Morgan fingerprint density at radius 2 is 1.96 bits per heavy atom. The van der Waals surface area contributed by atoms with Crippen molar-refractivity contribution in [1.29, 1.82) is 0 Å². The highest BCUT2D eigenvalue weighted by atomic mass is 16.2. The average molecular weight is 324 g/mol. The lowest BCUT2D eigenvalue weighted by Gasteiger charge is -2.20. The Morgan fingerprint density at radius 1 is 1.12 bits per heavy atom. The molecule has 0 saturated carbocycles. The van der Waals surface area contributed by atoms with Crippen molar-refractivity contribution < 1.29 is 9.59 Å². The fraction of sp³-hybridized carbons (Fsp3) is 0.278. The number of allylic oxidation sites excluding steroid dienone is 1. The summed E-state index contributed by atoms with van der Waals surface area (Å²) in [6, 6.07) is 10.1. The quantitative estimate of drug-likeness (QED) is 0.790. The molecule has 3 rings (SSSR count). The number of hydrogen-bond acceptors (Lipinski definition) is 3. The van der Waals surface area contributed by atoms with Crippen LogP contribution in [0.4, 0.5) is 5.82 Å². The molecular weight excluding hydrogens is 304 g/mol. The van der Waals surface area contributed by atoms with Crippen LogP contribution in [0.1, 0.15) is 37.3 Å². The molecule has 1 aliphatic carbocycles. The van der Waals surface area contributed by atoms with Gasteiger partial charge < -0.3 is 10.6 Å². The van der Waals surface area contributed by atoms with Crippen LogP contribution in [-0.2, 0) is 9.59 Å². The third-order valence-corrected chi connectivity index (χ3v) is 4.01. The van der Waals surface area contributed by atoms with Gasteiger partial charge in [-0.3, -0.25) is 14.7 Å². The summed E-state index contributed by atoms with van der Waals surface area (Å²) in [5.74, 6) is 0.00517. The highest BCUT2D eigenvalue weighted by Crippen LogP contribution is 2.20. The number of carbonyl (C=O) groups is 2. The molecule has 24 heavy (non-hydrogen) atoms. The zero-order valence-corrected chi connectivity index (χ0v) is 13.3. The Labute approximate surface area is 140 Å². The molecule has 2 aromatic rings. The normalized spacial score (nSPS) is 15.2. The van der Waals surface area contributed by atoms with E-state index in [4.69, 9.17) is 0 Å². The number of benzene rings is 1. The van der Waals surface area contributed by atoms with Crippen molar-refractivity contribution >= 4 is 17.6 Å². The van der Waals surface area contributed by atoms with Crippen LogP contribution in [0.15, 0.2) is 54.2 Å². The fourth-order valence-corrected chi connectivity index (χ4v) is 2.74. The van der Waals surface area contributed by atoms with Crippen molar-refractivity contribution in [1.82, 2.24) is 15.5 Å². The summed E-state index contributed by atoms with van der Waals surface area (Å²) in [4.78, 5) is 25.1. The maximum Gasteiger partial charge on any atom is 0.252 e. The van der Waals surface area contributed by atoms with Gasteiger partial charge in [0.25, 0.3) is 5.91 Å². The standard InChI is InChI=1S/C18H20N4O2/c23-17(14-9-5-2-6-10-14)21-16(13-7-3-1-4-8-13)18(24)20-15-11-12-19-22-15/h1,3-4,7-9,11-12,16H,2,5-6,10H2,(H,21,23)(H2,19,20,22,24)/t16-/m1/s1. The lowest BCUT2D eigenvalue weighted by Crippen LogP contribution is -2.38. The molecular formula is C18H20N4O2. The van der Waals surface area contributed by atoms with E-state index in [1.165, 1.54) is 0 Å². The van der Waals surface area contributed by atoms with Crippen LogP contribution in [0.2, 0.25) is 0 Å². The van der Waals surface area contributed by atoms with E-state index < -0.39 is 6.04 Å². The van der Waals surface area contributed by atoms with E-state index in [0.29, 0.717) is 5.82 Å². The largest absolute Gasteiger partial charge is 0.337 e. The third-order valence-electron chi connectivity index (χ3n) is 4.01. The van der Waals surface area contributed by atoms with Crippen LogP contribution < -0.4 is 10.6 Å². The average Bonchev–Trinajstić information content (AvgIpc) is 3.14. The predicted octanol–water partition coefficient (Wildman–Crippen LogP) is 2.71. The smallest absolute Gasteiger partial charge is 0.252 e. The minimum absolute atomic E-state index is 0.177. The summed E-state index contributed by atoms with van der Waals surface area (Å²) < 4.78 is 0. The number of aromatic nitrogens is 2. The molecule has 3 N–H and O–H groups in total. The molecule has 1 aromatic heterocycles. The molecule has 0 saturated heterocycles. The molecule has 1 aromatic carbocycles. The molecule has 0 spiro atoms. The van der Waals surface area contributed by atoms with Gasteiger partial charge in [0.05, 0.1) is 6.20 Å². The molecule has 1 aliphatic rings. The molecule has 0 radical (unpaired) electrons. The molecule has 6 heteroatoms. The van der Waals surface area contributed by atoms with Crippen molar-refractivity contribution in [3.8, 4) is 0 Å². The molecule has 0 bridgehead atoms. The Balaban J connectivity index is 1.78. The lowest BCUT2D eigenvalue weighted by molar-refractivity contribution is -0.124. The predicted molar refractivity (Wildman–Crippen MR) is 91.1 cm³/mol. The second-order valence-electron chi connectivity index (χ2n) is 5.75. The van der Waals surface area contributed by atoms with Crippen LogP contribution in [0, 0.1) is 0 Å². The van der Waals surface area contributed by atoms with Crippen molar-refractivity contribution in [2.75, 3.05) is 5.32 Å². The molecule has 0 unspecified atom stereocenters. The summed E-state index contributed by atoms with van der Waals surface area (Å²) in [5, 5.41) is 12.1. The number of carbonyl (C=O) groups excluding carboxylic acids is 2. The van der Waals surface area contributed by atoms with Crippen LogP contribution in [0.5, 0.6) is 0 Å². The highest BCUT2D eigenvalue weighted by molar-refractivity contribution is 6.01. The number of anilines is 1. The minimum atomic E-state index is -0.759. The number of nitrogens with zero attached hydrogens (tertiary/aromatic N) is 1. The molecule has 6 nitrogen and oxygen atoms in total.